The number of rotatable bonds is 7. The molecule has 1 aromatic carbocycles. The van der Waals surface area contributed by atoms with Crippen LogP contribution in [0.4, 0.5) is 0 Å². The van der Waals surface area contributed by atoms with Crippen molar-refractivity contribution < 1.29 is 17.9 Å². The Bertz CT molecular complexity index is 778. The Balaban J connectivity index is 2.91. The summed E-state index contributed by atoms with van der Waals surface area (Å²) in [4.78, 5) is 0. The summed E-state index contributed by atoms with van der Waals surface area (Å²) in [5.41, 5.74) is 8.74. The zero-order valence-corrected chi connectivity index (χ0v) is 23.0. The van der Waals surface area contributed by atoms with Gasteiger partial charge >= 0.3 is 183 Å². The summed E-state index contributed by atoms with van der Waals surface area (Å²) in [7, 11) is -1.86. The Morgan fingerprint density at radius 3 is 1.82 bits per heavy atom. The molecule has 0 N–H and O–H groups in total. The molecule has 0 saturated heterocycles. The molecule has 2 rings (SSSR count). The minimum absolute atomic E-state index is 0.271. The molecule has 0 aromatic heterocycles. The van der Waals surface area contributed by atoms with Gasteiger partial charge in [0.2, 0.25) is 0 Å². The third kappa shape index (κ3) is 3.50. The van der Waals surface area contributed by atoms with Crippen LogP contribution in [0.15, 0.2) is 38.8 Å². The van der Waals surface area contributed by atoms with Crippen molar-refractivity contribution in [1.29, 1.82) is 0 Å². The van der Waals surface area contributed by atoms with Gasteiger partial charge < -0.3 is 0 Å². The first-order valence-electron chi connectivity index (χ1n) is 11.3. The standard InChI is InChI=1S/C24H37Si.2CH3.Ti/c1-10-18(5)25(9,24(8)16-17(4)19(6)20(24)7)23-14-21(11-2)13-22(12-3)15-23;;;/h13-15,18H,10-12H2,1-9H3;2*1H3;. The van der Waals surface area contributed by atoms with Crippen molar-refractivity contribution in [2.45, 2.75) is 102 Å². The van der Waals surface area contributed by atoms with E-state index in [2.05, 4.69) is 90.6 Å². The fraction of sp³-hybridized carbons (Fsp3) is 0.615. The first-order chi connectivity index (χ1) is 13.0. The number of hydrogen-bond donors (Lipinski definition) is 0. The number of allylic oxidation sites excluding steroid dienone is 4. The van der Waals surface area contributed by atoms with Crippen LogP contribution < -0.4 is 5.19 Å². The van der Waals surface area contributed by atoms with E-state index in [1.807, 2.05) is 3.88 Å². The van der Waals surface area contributed by atoms with Gasteiger partial charge in [0.25, 0.3) is 0 Å². The molecule has 0 spiro atoms. The molecule has 28 heavy (non-hydrogen) atoms. The summed E-state index contributed by atoms with van der Waals surface area (Å²) in [6.45, 7) is 22.2. The van der Waals surface area contributed by atoms with E-state index in [-0.39, 0.29) is 5.04 Å². The molecule has 0 heterocycles. The van der Waals surface area contributed by atoms with Gasteiger partial charge in [0.15, 0.2) is 0 Å². The molecular formula is C26H43SiTi. The van der Waals surface area contributed by atoms with Crippen molar-refractivity contribution in [2.24, 2.45) is 0 Å². The molecule has 155 valence electrons. The molecule has 2 heteroatoms. The second kappa shape index (κ2) is 8.78. The maximum absolute atomic E-state index is 2.73. The minimum atomic E-state index is -1.86. The second-order valence-corrected chi connectivity index (χ2v) is 18.5. The van der Waals surface area contributed by atoms with Crippen LogP contribution in [0.3, 0.4) is 0 Å². The number of benzene rings is 1. The second-order valence-electron chi connectivity index (χ2n) is 9.63. The first-order valence-corrected chi connectivity index (χ1v) is 17.8. The topological polar surface area (TPSA) is 0 Å². The average Bonchev–Trinajstić information content (AvgIpc) is 2.86. The molecule has 1 aromatic rings. The van der Waals surface area contributed by atoms with Crippen LogP contribution in [0.5, 0.6) is 0 Å². The first kappa shape index (κ1) is 23.9. The molecule has 0 nitrogen and oxygen atoms in total. The molecule has 1 aliphatic rings. The van der Waals surface area contributed by atoms with Gasteiger partial charge in [0, 0.05) is 0 Å². The summed E-state index contributed by atoms with van der Waals surface area (Å²) in [5, 5.41) is 7.13. The summed E-state index contributed by atoms with van der Waals surface area (Å²) in [6.07, 6.45) is 3.55. The monoisotopic (exact) mass is 431 g/mol. The van der Waals surface area contributed by atoms with Gasteiger partial charge in [-0.3, -0.25) is 0 Å². The van der Waals surface area contributed by atoms with E-state index in [0.29, 0.717) is 0 Å². The molecular weight excluding hydrogens is 388 g/mol. The van der Waals surface area contributed by atoms with Crippen molar-refractivity contribution in [1.82, 2.24) is 0 Å². The van der Waals surface area contributed by atoms with Gasteiger partial charge in [0.05, 0.1) is 0 Å². The van der Waals surface area contributed by atoms with Crippen LogP contribution in [0, 0.1) is 0 Å². The Hall–Kier alpha value is -0.369. The normalized spacial score (nSPS) is 23.2. The Labute approximate surface area is 182 Å². The van der Waals surface area contributed by atoms with Crippen molar-refractivity contribution in [2.75, 3.05) is 0 Å². The van der Waals surface area contributed by atoms with Crippen molar-refractivity contribution in [3.8, 4) is 0 Å². The van der Waals surface area contributed by atoms with E-state index in [1.54, 1.807) is 21.9 Å². The maximum atomic E-state index is 2.73. The summed E-state index contributed by atoms with van der Waals surface area (Å²) in [6, 6.07) is 7.64. The molecule has 0 saturated carbocycles. The van der Waals surface area contributed by atoms with Crippen LogP contribution in [-0.4, -0.2) is 8.07 Å². The Kier molecular flexibility index (Phi) is 7.50. The molecule has 0 amide bonds. The SMILES string of the molecule is CCc1cc(CC)cc([Si](C)(C(C)CC)C2(C)C(C)=C(C)C(C)=[C]2[Ti]([CH3])[CH3])c1. The van der Waals surface area contributed by atoms with Gasteiger partial charge in [-0.05, 0) is 0 Å². The third-order valence-electron chi connectivity index (χ3n) is 8.36. The third-order valence-corrected chi connectivity index (χ3v) is 18.2. The summed E-state index contributed by atoms with van der Waals surface area (Å²) >= 11 is -1.23. The zero-order chi connectivity index (χ0) is 21.4. The molecule has 0 aliphatic heterocycles. The van der Waals surface area contributed by atoms with Gasteiger partial charge in [-0.15, -0.1) is 0 Å². The van der Waals surface area contributed by atoms with E-state index >= 15 is 0 Å². The van der Waals surface area contributed by atoms with E-state index in [4.69, 9.17) is 0 Å². The van der Waals surface area contributed by atoms with Crippen molar-refractivity contribution >= 4 is 13.3 Å². The predicted octanol–water partition coefficient (Wildman–Crippen LogP) is 8.00. The fourth-order valence-electron chi connectivity index (χ4n) is 5.88. The summed E-state index contributed by atoms with van der Waals surface area (Å²) < 4.78 is 1.89. The van der Waals surface area contributed by atoms with Crippen LogP contribution >= 0.6 is 0 Å². The van der Waals surface area contributed by atoms with Crippen LogP contribution in [0.1, 0.15) is 72.9 Å². The quantitative estimate of drug-likeness (QED) is 0.384. The van der Waals surface area contributed by atoms with E-state index in [9.17, 15) is 0 Å². The Morgan fingerprint density at radius 2 is 1.43 bits per heavy atom. The van der Waals surface area contributed by atoms with Gasteiger partial charge in [-0.1, -0.05) is 0 Å². The van der Waals surface area contributed by atoms with Crippen molar-refractivity contribution in [3.05, 3.63) is 49.9 Å². The average molecular weight is 432 g/mol. The van der Waals surface area contributed by atoms with E-state index < -0.39 is 25.9 Å². The van der Waals surface area contributed by atoms with E-state index in [1.165, 1.54) is 17.5 Å². The van der Waals surface area contributed by atoms with Gasteiger partial charge in [-0.25, -0.2) is 0 Å². The molecule has 3 unspecified atom stereocenters. The summed E-state index contributed by atoms with van der Waals surface area (Å²) in [5.74, 6) is 0. The van der Waals surface area contributed by atoms with Crippen LogP contribution in [-0.2, 0) is 30.7 Å². The predicted molar refractivity (Wildman–Crippen MR) is 127 cm³/mol. The molecule has 1 aliphatic carbocycles. The molecule has 0 radical (unpaired) electrons. The number of aryl methyl sites for hydroxylation is 2. The van der Waals surface area contributed by atoms with Crippen LogP contribution in [0.2, 0.25) is 27.6 Å². The van der Waals surface area contributed by atoms with Gasteiger partial charge in [0.1, 0.15) is 0 Å². The molecule has 0 bridgehead atoms. The van der Waals surface area contributed by atoms with Gasteiger partial charge in [-0.2, -0.15) is 0 Å². The van der Waals surface area contributed by atoms with E-state index in [0.717, 1.165) is 18.4 Å². The molecule has 0 fully saturated rings. The fourth-order valence-corrected chi connectivity index (χ4v) is 17.0. The zero-order valence-electron chi connectivity index (χ0n) is 20.4. The Morgan fingerprint density at radius 1 is 0.929 bits per heavy atom. The molecule has 3 atom stereocenters. The number of hydrogen-bond acceptors (Lipinski definition) is 0. The van der Waals surface area contributed by atoms with Crippen molar-refractivity contribution in [3.63, 3.8) is 0 Å². The van der Waals surface area contributed by atoms with Crippen LogP contribution in [0.25, 0.3) is 0 Å².